The van der Waals surface area contributed by atoms with Crippen LogP contribution >= 0.6 is 15.9 Å². The van der Waals surface area contributed by atoms with Crippen molar-refractivity contribution in [3.8, 4) is 5.75 Å². The minimum Gasteiger partial charge on any atom is -0.496 e. The molecule has 0 fully saturated rings. The molecule has 0 aliphatic rings. The van der Waals surface area contributed by atoms with Gasteiger partial charge in [-0.15, -0.1) is 0 Å². The van der Waals surface area contributed by atoms with Crippen LogP contribution in [0.4, 0.5) is 5.69 Å². The van der Waals surface area contributed by atoms with Gasteiger partial charge in [0.1, 0.15) is 5.75 Å². The summed E-state index contributed by atoms with van der Waals surface area (Å²) in [7, 11) is 1.72. The first-order valence-electron chi connectivity index (χ1n) is 5.24. The maximum atomic E-state index is 5.36. The van der Waals surface area contributed by atoms with E-state index in [-0.39, 0.29) is 0 Å². The standard InChI is InChI=1S/C12H18BrNO/c1-4-14(5-2)11-7-6-10(9-13)12(8-11)15-3/h6-8H,4-5,9H2,1-3H3. The molecule has 2 nitrogen and oxygen atoms in total. The number of alkyl halides is 1. The maximum absolute atomic E-state index is 5.36. The monoisotopic (exact) mass is 271 g/mol. The summed E-state index contributed by atoms with van der Waals surface area (Å²) in [5.74, 6) is 0.955. The molecule has 0 aliphatic carbocycles. The third kappa shape index (κ3) is 2.88. The van der Waals surface area contributed by atoms with Gasteiger partial charge in [0, 0.05) is 35.7 Å². The molecule has 0 amide bonds. The molecule has 0 radical (unpaired) electrons. The van der Waals surface area contributed by atoms with Gasteiger partial charge in [-0.25, -0.2) is 0 Å². The van der Waals surface area contributed by atoms with Crippen LogP contribution in [0, 0.1) is 0 Å². The van der Waals surface area contributed by atoms with E-state index in [0.717, 1.165) is 24.2 Å². The van der Waals surface area contributed by atoms with Gasteiger partial charge in [0.15, 0.2) is 0 Å². The first-order chi connectivity index (χ1) is 7.26. The molecule has 0 unspecified atom stereocenters. The lowest BCUT2D eigenvalue weighted by Crippen LogP contribution is -2.21. The summed E-state index contributed by atoms with van der Waals surface area (Å²) in [4.78, 5) is 2.31. The van der Waals surface area contributed by atoms with Gasteiger partial charge in [0.05, 0.1) is 7.11 Å². The molecule has 0 N–H and O–H groups in total. The topological polar surface area (TPSA) is 12.5 Å². The molecule has 84 valence electrons. The molecule has 1 rings (SSSR count). The van der Waals surface area contributed by atoms with Crippen molar-refractivity contribution in [1.29, 1.82) is 0 Å². The zero-order chi connectivity index (χ0) is 11.3. The average Bonchev–Trinajstić information content (AvgIpc) is 2.30. The Hall–Kier alpha value is -0.700. The van der Waals surface area contributed by atoms with E-state index in [0.29, 0.717) is 0 Å². The summed E-state index contributed by atoms with van der Waals surface area (Å²) in [6.45, 7) is 6.36. The molecule has 1 aromatic rings. The van der Waals surface area contributed by atoms with Gasteiger partial charge >= 0.3 is 0 Å². The third-order valence-corrected chi connectivity index (χ3v) is 3.15. The number of halogens is 1. The molecule has 0 aromatic heterocycles. The highest BCUT2D eigenvalue weighted by Crippen LogP contribution is 2.27. The van der Waals surface area contributed by atoms with Crippen LogP contribution in [0.2, 0.25) is 0 Å². The van der Waals surface area contributed by atoms with E-state index in [1.54, 1.807) is 7.11 Å². The summed E-state index contributed by atoms with van der Waals surface area (Å²) in [5, 5.41) is 0.828. The fourth-order valence-corrected chi connectivity index (χ4v) is 2.09. The Labute approximate surface area is 100 Å². The van der Waals surface area contributed by atoms with Crippen LogP contribution in [0.3, 0.4) is 0 Å². The van der Waals surface area contributed by atoms with E-state index in [4.69, 9.17) is 4.74 Å². The van der Waals surface area contributed by atoms with Crippen molar-refractivity contribution in [1.82, 2.24) is 0 Å². The summed E-state index contributed by atoms with van der Waals surface area (Å²) in [5.41, 5.74) is 2.41. The van der Waals surface area contributed by atoms with E-state index in [1.807, 2.05) is 0 Å². The van der Waals surface area contributed by atoms with Crippen molar-refractivity contribution in [3.63, 3.8) is 0 Å². The Balaban J connectivity index is 3.01. The van der Waals surface area contributed by atoms with E-state index in [2.05, 4.69) is 52.9 Å². The lowest BCUT2D eigenvalue weighted by molar-refractivity contribution is 0.411. The minimum absolute atomic E-state index is 0.828. The third-order valence-electron chi connectivity index (χ3n) is 2.54. The van der Waals surface area contributed by atoms with E-state index < -0.39 is 0 Å². The fourth-order valence-electron chi connectivity index (χ4n) is 1.63. The zero-order valence-electron chi connectivity index (χ0n) is 9.59. The molecule has 0 saturated heterocycles. The molecule has 3 heteroatoms. The normalized spacial score (nSPS) is 10.1. The highest BCUT2D eigenvalue weighted by Gasteiger charge is 2.06. The highest BCUT2D eigenvalue weighted by atomic mass is 79.9. The van der Waals surface area contributed by atoms with Crippen molar-refractivity contribution in [3.05, 3.63) is 23.8 Å². The van der Waals surface area contributed by atoms with Crippen LogP contribution in [0.1, 0.15) is 19.4 Å². The first-order valence-corrected chi connectivity index (χ1v) is 6.36. The fraction of sp³-hybridized carbons (Fsp3) is 0.500. The second-order valence-electron chi connectivity index (χ2n) is 3.30. The first kappa shape index (κ1) is 12.4. The molecule has 0 heterocycles. The molecule has 0 bridgehead atoms. The quantitative estimate of drug-likeness (QED) is 0.761. The molecule has 1 aromatic carbocycles. The van der Waals surface area contributed by atoms with Gasteiger partial charge in [-0.3, -0.25) is 0 Å². The lowest BCUT2D eigenvalue weighted by Gasteiger charge is -2.22. The smallest absolute Gasteiger partial charge is 0.124 e. The van der Waals surface area contributed by atoms with Crippen molar-refractivity contribution in [2.45, 2.75) is 19.2 Å². The molecule has 15 heavy (non-hydrogen) atoms. The van der Waals surface area contributed by atoms with Crippen LogP contribution in [0.5, 0.6) is 5.75 Å². The zero-order valence-corrected chi connectivity index (χ0v) is 11.2. The summed E-state index contributed by atoms with van der Waals surface area (Å²) in [6, 6.07) is 6.36. The van der Waals surface area contributed by atoms with Gasteiger partial charge in [-0.05, 0) is 19.9 Å². The Morgan fingerprint density at radius 3 is 2.40 bits per heavy atom. The van der Waals surface area contributed by atoms with Gasteiger partial charge in [-0.1, -0.05) is 22.0 Å². The molecule has 0 atom stereocenters. The van der Waals surface area contributed by atoms with Crippen molar-refractivity contribution in [2.75, 3.05) is 25.1 Å². The predicted molar refractivity (Wildman–Crippen MR) is 69.2 cm³/mol. The van der Waals surface area contributed by atoms with Crippen LogP contribution in [0.25, 0.3) is 0 Å². The molecule has 0 saturated carbocycles. The second kappa shape index (κ2) is 6.01. The summed E-state index contributed by atoms with van der Waals surface area (Å²) >= 11 is 3.45. The number of anilines is 1. The van der Waals surface area contributed by atoms with Gasteiger partial charge in [-0.2, -0.15) is 0 Å². The number of hydrogen-bond donors (Lipinski definition) is 0. The molecular weight excluding hydrogens is 254 g/mol. The predicted octanol–water partition coefficient (Wildman–Crippen LogP) is 3.44. The van der Waals surface area contributed by atoms with Gasteiger partial charge in [0.25, 0.3) is 0 Å². The Kier molecular flexibility index (Phi) is 4.95. The molecule has 0 aliphatic heterocycles. The average molecular weight is 272 g/mol. The summed E-state index contributed by atoms with van der Waals surface area (Å²) < 4.78 is 5.36. The number of ether oxygens (including phenoxy) is 1. The molecule has 0 spiro atoms. The summed E-state index contributed by atoms with van der Waals surface area (Å²) in [6.07, 6.45) is 0. The van der Waals surface area contributed by atoms with Crippen molar-refractivity contribution in [2.24, 2.45) is 0 Å². The number of hydrogen-bond acceptors (Lipinski definition) is 2. The maximum Gasteiger partial charge on any atom is 0.124 e. The van der Waals surface area contributed by atoms with Crippen LogP contribution in [-0.2, 0) is 5.33 Å². The van der Waals surface area contributed by atoms with Crippen LogP contribution in [0.15, 0.2) is 18.2 Å². The number of methoxy groups -OCH3 is 1. The second-order valence-corrected chi connectivity index (χ2v) is 3.86. The highest BCUT2D eigenvalue weighted by molar-refractivity contribution is 9.08. The Morgan fingerprint density at radius 1 is 1.27 bits per heavy atom. The number of rotatable bonds is 5. The van der Waals surface area contributed by atoms with Crippen molar-refractivity contribution < 1.29 is 4.74 Å². The van der Waals surface area contributed by atoms with Crippen LogP contribution in [-0.4, -0.2) is 20.2 Å². The van der Waals surface area contributed by atoms with Crippen LogP contribution < -0.4 is 9.64 Å². The largest absolute Gasteiger partial charge is 0.496 e. The van der Waals surface area contributed by atoms with Crippen molar-refractivity contribution >= 4 is 21.6 Å². The molecular formula is C12H18BrNO. The lowest BCUT2D eigenvalue weighted by atomic mass is 10.2. The Bertz CT molecular complexity index is 310. The van der Waals surface area contributed by atoms with Gasteiger partial charge in [0.2, 0.25) is 0 Å². The van der Waals surface area contributed by atoms with E-state index in [1.165, 1.54) is 11.3 Å². The number of nitrogens with zero attached hydrogens (tertiary/aromatic N) is 1. The van der Waals surface area contributed by atoms with Gasteiger partial charge < -0.3 is 9.64 Å². The minimum atomic E-state index is 0.828. The Morgan fingerprint density at radius 2 is 1.93 bits per heavy atom. The van der Waals surface area contributed by atoms with E-state index >= 15 is 0 Å². The SMILES string of the molecule is CCN(CC)c1ccc(CBr)c(OC)c1. The van der Waals surface area contributed by atoms with E-state index in [9.17, 15) is 0 Å². The number of benzene rings is 1.